The Kier molecular flexibility index (Phi) is 2.21. The van der Waals surface area contributed by atoms with Gasteiger partial charge in [-0.25, -0.2) is 0 Å². The van der Waals surface area contributed by atoms with Gasteiger partial charge in [-0.2, -0.15) is 0 Å². The van der Waals surface area contributed by atoms with Crippen molar-refractivity contribution in [2.24, 2.45) is 5.92 Å². The van der Waals surface area contributed by atoms with Crippen molar-refractivity contribution in [2.75, 3.05) is 0 Å². The monoisotopic (exact) mass is 229 g/mol. The second kappa shape index (κ2) is 3.62. The molecule has 3 heteroatoms. The first-order valence-corrected chi connectivity index (χ1v) is 5.97. The van der Waals surface area contributed by atoms with Crippen LogP contribution < -0.4 is 0 Å². The number of rotatable bonds is 1. The van der Waals surface area contributed by atoms with Gasteiger partial charge in [-0.3, -0.25) is 4.79 Å². The molecule has 1 aromatic carbocycles. The minimum atomic E-state index is -0.669. The van der Waals surface area contributed by atoms with E-state index in [0.717, 1.165) is 18.7 Å². The molecule has 1 atom stereocenters. The summed E-state index contributed by atoms with van der Waals surface area (Å²) in [4.78, 5) is 11.0. The summed E-state index contributed by atoms with van der Waals surface area (Å²) in [5, 5.41) is 10.3. The van der Waals surface area contributed by atoms with Crippen molar-refractivity contribution in [2.45, 2.75) is 26.3 Å². The molecule has 0 saturated carbocycles. The summed E-state index contributed by atoms with van der Waals surface area (Å²) in [5.74, 6) is -0.884. The van der Waals surface area contributed by atoms with Crippen LogP contribution in [0, 0.1) is 12.8 Å². The fraction of sp³-hybridized carbons (Fsp3) is 0.357. The van der Waals surface area contributed by atoms with E-state index < -0.39 is 5.97 Å². The first kappa shape index (κ1) is 10.4. The average molecular weight is 229 g/mol. The molecule has 1 aromatic heterocycles. The number of aryl methyl sites for hydroxylation is 2. The quantitative estimate of drug-likeness (QED) is 0.816. The number of carbonyl (C=O) groups is 1. The molecule has 17 heavy (non-hydrogen) atoms. The Bertz CT molecular complexity index is 598. The van der Waals surface area contributed by atoms with E-state index in [4.69, 9.17) is 5.11 Å². The molecule has 0 aliphatic carbocycles. The van der Waals surface area contributed by atoms with Gasteiger partial charge in [0.2, 0.25) is 0 Å². The summed E-state index contributed by atoms with van der Waals surface area (Å²) in [6.45, 7) is 2.90. The fourth-order valence-corrected chi connectivity index (χ4v) is 2.71. The highest BCUT2D eigenvalue weighted by atomic mass is 16.4. The van der Waals surface area contributed by atoms with E-state index in [9.17, 15) is 4.79 Å². The predicted octanol–water partition coefficient (Wildman–Crippen LogP) is 2.60. The maximum absolute atomic E-state index is 11.0. The van der Waals surface area contributed by atoms with Crippen LogP contribution in [0.4, 0.5) is 0 Å². The lowest BCUT2D eigenvalue weighted by Crippen LogP contribution is -2.24. The molecule has 1 unspecified atom stereocenters. The van der Waals surface area contributed by atoms with E-state index in [1.54, 1.807) is 0 Å². The van der Waals surface area contributed by atoms with Gasteiger partial charge in [0.1, 0.15) is 0 Å². The molecule has 1 aliphatic rings. The standard InChI is InChI=1S/C14H15NO2/c1-9-2-3-10-7-12-8-11(14(16)17)4-5-15(12)13(10)6-9/h2-3,6-7,11H,4-5,8H2,1H3,(H,16,17). The van der Waals surface area contributed by atoms with Gasteiger partial charge in [0.05, 0.1) is 5.92 Å². The molecule has 0 amide bonds. The maximum atomic E-state index is 11.0. The van der Waals surface area contributed by atoms with Crippen molar-refractivity contribution in [3.8, 4) is 0 Å². The van der Waals surface area contributed by atoms with Crippen molar-refractivity contribution in [3.63, 3.8) is 0 Å². The normalized spacial score (nSPS) is 19.2. The van der Waals surface area contributed by atoms with Gasteiger partial charge < -0.3 is 9.67 Å². The van der Waals surface area contributed by atoms with Gasteiger partial charge in [-0.05, 0) is 36.4 Å². The molecule has 2 heterocycles. The molecule has 0 bridgehead atoms. The summed E-state index contributed by atoms with van der Waals surface area (Å²) in [5.41, 5.74) is 3.65. The zero-order chi connectivity index (χ0) is 12.0. The van der Waals surface area contributed by atoms with Crippen LogP contribution in [-0.4, -0.2) is 15.6 Å². The first-order chi connectivity index (χ1) is 8.15. The number of hydrogen-bond acceptors (Lipinski definition) is 1. The number of aliphatic carboxylic acids is 1. The number of carboxylic acid groups (broad SMARTS) is 1. The van der Waals surface area contributed by atoms with Gasteiger partial charge in [-0.15, -0.1) is 0 Å². The summed E-state index contributed by atoms with van der Waals surface area (Å²) in [6, 6.07) is 8.53. The lowest BCUT2D eigenvalue weighted by molar-refractivity contribution is -0.142. The lowest BCUT2D eigenvalue weighted by atomic mass is 9.96. The zero-order valence-electron chi connectivity index (χ0n) is 9.81. The number of carboxylic acids is 1. The Hall–Kier alpha value is -1.77. The van der Waals surface area contributed by atoms with Crippen LogP contribution >= 0.6 is 0 Å². The van der Waals surface area contributed by atoms with Crippen LogP contribution in [0.2, 0.25) is 0 Å². The van der Waals surface area contributed by atoms with Crippen molar-refractivity contribution in [1.29, 1.82) is 0 Å². The second-order valence-electron chi connectivity index (χ2n) is 4.88. The van der Waals surface area contributed by atoms with Gasteiger partial charge in [0.15, 0.2) is 0 Å². The third-order valence-corrected chi connectivity index (χ3v) is 3.65. The van der Waals surface area contributed by atoms with Gasteiger partial charge in [-0.1, -0.05) is 12.1 Å². The van der Waals surface area contributed by atoms with E-state index >= 15 is 0 Å². The summed E-state index contributed by atoms with van der Waals surface area (Å²) < 4.78 is 2.27. The van der Waals surface area contributed by atoms with Crippen molar-refractivity contribution >= 4 is 16.9 Å². The molecule has 0 radical (unpaired) electrons. The Labute approximate surface area is 99.7 Å². The summed E-state index contributed by atoms with van der Waals surface area (Å²) in [6.07, 6.45) is 1.39. The molecule has 0 saturated heterocycles. The molecule has 1 N–H and O–H groups in total. The van der Waals surface area contributed by atoms with E-state index in [1.165, 1.54) is 16.5 Å². The molecule has 88 valence electrons. The zero-order valence-corrected chi connectivity index (χ0v) is 9.81. The average Bonchev–Trinajstić information content (AvgIpc) is 2.66. The highest BCUT2D eigenvalue weighted by Gasteiger charge is 2.25. The van der Waals surface area contributed by atoms with Crippen LogP contribution in [-0.2, 0) is 17.8 Å². The topological polar surface area (TPSA) is 42.2 Å². The van der Waals surface area contributed by atoms with E-state index in [2.05, 4.69) is 35.8 Å². The highest BCUT2D eigenvalue weighted by Crippen LogP contribution is 2.28. The minimum absolute atomic E-state index is 0.215. The number of benzene rings is 1. The van der Waals surface area contributed by atoms with E-state index in [1.807, 2.05) is 0 Å². The molecular formula is C14H15NO2. The van der Waals surface area contributed by atoms with Gasteiger partial charge in [0.25, 0.3) is 0 Å². The van der Waals surface area contributed by atoms with E-state index in [0.29, 0.717) is 6.42 Å². The van der Waals surface area contributed by atoms with Crippen LogP contribution in [0.3, 0.4) is 0 Å². The largest absolute Gasteiger partial charge is 0.481 e. The van der Waals surface area contributed by atoms with Crippen molar-refractivity contribution in [1.82, 2.24) is 4.57 Å². The Morgan fingerprint density at radius 2 is 2.24 bits per heavy atom. The summed E-state index contributed by atoms with van der Waals surface area (Å²) >= 11 is 0. The Balaban J connectivity index is 2.10. The van der Waals surface area contributed by atoms with Crippen LogP contribution in [0.25, 0.3) is 10.9 Å². The fourth-order valence-electron chi connectivity index (χ4n) is 2.71. The third kappa shape index (κ3) is 1.62. The summed E-state index contributed by atoms with van der Waals surface area (Å²) in [7, 11) is 0. The number of hydrogen-bond donors (Lipinski definition) is 1. The van der Waals surface area contributed by atoms with Crippen LogP contribution in [0.1, 0.15) is 17.7 Å². The molecule has 0 spiro atoms. The molecule has 2 aromatic rings. The van der Waals surface area contributed by atoms with Crippen molar-refractivity contribution < 1.29 is 9.90 Å². The number of nitrogens with zero attached hydrogens (tertiary/aromatic N) is 1. The van der Waals surface area contributed by atoms with E-state index in [-0.39, 0.29) is 5.92 Å². The highest BCUT2D eigenvalue weighted by molar-refractivity contribution is 5.82. The predicted molar refractivity (Wildman–Crippen MR) is 66.1 cm³/mol. The second-order valence-corrected chi connectivity index (χ2v) is 4.88. The minimum Gasteiger partial charge on any atom is -0.481 e. The third-order valence-electron chi connectivity index (χ3n) is 3.65. The van der Waals surface area contributed by atoms with Crippen LogP contribution in [0.15, 0.2) is 24.3 Å². The SMILES string of the molecule is Cc1ccc2cc3n(c2c1)CCC(C(=O)O)C3. The van der Waals surface area contributed by atoms with Crippen LogP contribution in [0.5, 0.6) is 0 Å². The molecule has 1 aliphatic heterocycles. The number of fused-ring (bicyclic) bond motifs is 3. The maximum Gasteiger partial charge on any atom is 0.306 e. The van der Waals surface area contributed by atoms with Crippen molar-refractivity contribution in [3.05, 3.63) is 35.5 Å². The van der Waals surface area contributed by atoms with Gasteiger partial charge >= 0.3 is 5.97 Å². The molecular weight excluding hydrogens is 214 g/mol. The Morgan fingerprint density at radius 3 is 3.00 bits per heavy atom. The Morgan fingerprint density at radius 1 is 1.41 bits per heavy atom. The lowest BCUT2D eigenvalue weighted by Gasteiger charge is -2.21. The molecule has 0 fully saturated rings. The molecule has 3 nitrogen and oxygen atoms in total. The molecule has 3 rings (SSSR count). The van der Waals surface area contributed by atoms with Gasteiger partial charge in [0, 0.05) is 24.2 Å². The first-order valence-electron chi connectivity index (χ1n) is 5.97. The number of aromatic nitrogens is 1. The smallest absolute Gasteiger partial charge is 0.306 e.